The van der Waals surface area contributed by atoms with Crippen molar-refractivity contribution >= 4 is 27.2 Å². The Morgan fingerprint density at radius 1 is 1.38 bits per heavy atom. The van der Waals surface area contributed by atoms with Gasteiger partial charge in [-0.15, -0.1) is 11.3 Å². The molecule has 2 aromatic rings. The number of nitrogens with zero attached hydrogens (tertiary/aromatic N) is 1. The van der Waals surface area contributed by atoms with Crippen LogP contribution in [0.4, 0.5) is 9.18 Å². The Morgan fingerprint density at radius 3 is 2.88 bits per heavy atom. The fraction of sp³-hybridized carbons (Fsp3) is 0.375. The van der Waals surface area contributed by atoms with Gasteiger partial charge in [0.05, 0.1) is 35.9 Å². The standard InChI is InChI=1S/C16H18FN3O4S2/c1-24-14-9-26(22,23)8-13(14)20-16(21)18-6-15-19-12(7-25-15)10-4-2-3-5-11(10)17/h2-5,7,13-14H,6,8-9H2,1H3,(H2,18,20,21). The lowest BCUT2D eigenvalue weighted by molar-refractivity contribution is 0.101. The zero-order chi connectivity index (χ0) is 18.7. The number of carbonyl (C=O) groups is 1. The maximum Gasteiger partial charge on any atom is 0.315 e. The van der Waals surface area contributed by atoms with E-state index < -0.39 is 28.0 Å². The van der Waals surface area contributed by atoms with E-state index in [4.69, 9.17) is 4.74 Å². The second-order valence-corrected chi connectivity index (χ2v) is 8.99. The highest BCUT2D eigenvalue weighted by atomic mass is 32.2. The van der Waals surface area contributed by atoms with Gasteiger partial charge in [0.25, 0.3) is 0 Å². The number of urea groups is 1. The summed E-state index contributed by atoms with van der Waals surface area (Å²) >= 11 is 1.30. The molecule has 7 nitrogen and oxygen atoms in total. The third-order valence-electron chi connectivity index (χ3n) is 4.02. The Balaban J connectivity index is 1.56. The zero-order valence-electron chi connectivity index (χ0n) is 13.9. The minimum absolute atomic E-state index is 0.104. The zero-order valence-corrected chi connectivity index (χ0v) is 15.6. The summed E-state index contributed by atoms with van der Waals surface area (Å²) < 4.78 is 42.2. The van der Waals surface area contributed by atoms with Crippen LogP contribution in [0.3, 0.4) is 0 Å². The molecule has 1 aromatic heterocycles. The molecule has 2 heterocycles. The number of nitrogens with one attached hydrogen (secondary N) is 2. The van der Waals surface area contributed by atoms with E-state index in [9.17, 15) is 17.6 Å². The van der Waals surface area contributed by atoms with E-state index in [-0.39, 0.29) is 23.9 Å². The van der Waals surface area contributed by atoms with Crippen LogP contribution in [0, 0.1) is 5.82 Å². The Morgan fingerprint density at radius 2 is 2.15 bits per heavy atom. The Bertz CT molecular complexity index is 900. The second-order valence-electron chi connectivity index (χ2n) is 5.89. The smallest absolute Gasteiger partial charge is 0.315 e. The molecule has 26 heavy (non-hydrogen) atoms. The number of aromatic nitrogens is 1. The van der Waals surface area contributed by atoms with E-state index in [0.29, 0.717) is 16.3 Å². The van der Waals surface area contributed by atoms with Crippen LogP contribution >= 0.6 is 11.3 Å². The quantitative estimate of drug-likeness (QED) is 0.795. The normalized spacial score (nSPS) is 21.5. The lowest BCUT2D eigenvalue weighted by Crippen LogP contribution is -2.47. The number of sulfone groups is 1. The predicted octanol–water partition coefficient (Wildman–Crippen LogP) is 1.56. The van der Waals surface area contributed by atoms with Crippen LogP contribution in [-0.2, 0) is 21.1 Å². The van der Waals surface area contributed by atoms with Crippen LogP contribution in [0.25, 0.3) is 11.3 Å². The van der Waals surface area contributed by atoms with E-state index in [1.165, 1.54) is 24.5 Å². The second kappa shape index (κ2) is 7.68. The Hall–Kier alpha value is -2.04. The molecule has 1 aromatic carbocycles. The van der Waals surface area contributed by atoms with E-state index >= 15 is 0 Å². The molecule has 2 N–H and O–H groups in total. The summed E-state index contributed by atoms with van der Waals surface area (Å²) in [5.41, 5.74) is 0.908. The van der Waals surface area contributed by atoms with E-state index in [0.717, 1.165) is 0 Å². The van der Waals surface area contributed by atoms with Gasteiger partial charge >= 0.3 is 6.03 Å². The van der Waals surface area contributed by atoms with E-state index in [1.807, 2.05) is 0 Å². The maximum absolute atomic E-state index is 13.8. The molecule has 1 fully saturated rings. The van der Waals surface area contributed by atoms with Gasteiger partial charge in [0.2, 0.25) is 0 Å². The number of benzene rings is 1. The number of thiazole rings is 1. The minimum atomic E-state index is -3.21. The van der Waals surface area contributed by atoms with E-state index in [2.05, 4.69) is 15.6 Å². The van der Waals surface area contributed by atoms with Crippen molar-refractivity contribution in [2.45, 2.75) is 18.7 Å². The number of halogens is 1. The largest absolute Gasteiger partial charge is 0.378 e. The fourth-order valence-corrected chi connectivity index (χ4v) is 5.33. The first-order valence-corrected chi connectivity index (χ1v) is 10.5. The van der Waals surface area contributed by atoms with Crippen molar-refractivity contribution < 1.29 is 22.3 Å². The molecule has 1 saturated heterocycles. The highest BCUT2D eigenvalue weighted by Gasteiger charge is 2.38. The van der Waals surface area contributed by atoms with Gasteiger partial charge in [-0.25, -0.2) is 22.6 Å². The van der Waals surface area contributed by atoms with Crippen molar-refractivity contribution in [2.24, 2.45) is 0 Å². The van der Waals surface area contributed by atoms with Crippen molar-refractivity contribution in [2.75, 3.05) is 18.6 Å². The Labute approximate surface area is 154 Å². The van der Waals surface area contributed by atoms with Crippen LogP contribution in [0.2, 0.25) is 0 Å². The molecular formula is C16H18FN3O4S2. The van der Waals surface area contributed by atoms with Crippen molar-refractivity contribution in [3.63, 3.8) is 0 Å². The van der Waals surface area contributed by atoms with Crippen molar-refractivity contribution in [1.82, 2.24) is 15.6 Å². The lowest BCUT2D eigenvalue weighted by Gasteiger charge is -2.18. The molecule has 0 radical (unpaired) electrons. The molecular weight excluding hydrogens is 381 g/mol. The highest BCUT2D eigenvalue weighted by Crippen LogP contribution is 2.24. The topological polar surface area (TPSA) is 97.4 Å². The van der Waals surface area contributed by atoms with Gasteiger partial charge in [-0.3, -0.25) is 0 Å². The molecule has 0 aliphatic carbocycles. The van der Waals surface area contributed by atoms with Crippen LogP contribution in [0.5, 0.6) is 0 Å². The molecule has 0 bridgehead atoms. The molecule has 1 aliphatic rings. The van der Waals surface area contributed by atoms with E-state index in [1.54, 1.807) is 23.6 Å². The number of methoxy groups -OCH3 is 1. The molecule has 3 rings (SSSR count). The van der Waals surface area contributed by atoms with Crippen LogP contribution in [-0.4, -0.2) is 50.2 Å². The van der Waals surface area contributed by atoms with Gasteiger partial charge in [-0.2, -0.15) is 0 Å². The summed E-state index contributed by atoms with van der Waals surface area (Å²) in [6.45, 7) is 0.155. The Kier molecular flexibility index (Phi) is 5.54. The molecule has 2 atom stereocenters. The van der Waals surface area contributed by atoms with Crippen LogP contribution in [0.15, 0.2) is 29.6 Å². The number of rotatable bonds is 5. The van der Waals surface area contributed by atoms with Gasteiger partial charge in [-0.05, 0) is 12.1 Å². The first-order valence-electron chi connectivity index (χ1n) is 7.85. The third-order valence-corrected chi connectivity index (χ3v) is 6.57. The average molecular weight is 399 g/mol. The van der Waals surface area contributed by atoms with Gasteiger partial charge in [0.15, 0.2) is 9.84 Å². The summed E-state index contributed by atoms with van der Waals surface area (Å²) in [4.78, 5) is 16.3. The molecule has 2 unspecified atom stereocenters. The first-order chi connectivity index (χ1) is 12.4. The summed E-state index contributed by atoms with van der Waals surface area (Å²) in [7, 11) is -1.80. The summed E-state index contributed by atoms with van der Waals surface area (Å²) in [6, 6.07) is 5.24. The lowest BCUT2D eigenvalue weighted by atomic mass is 10.2. The molecule has 1 aliphatic heterocycles. The summed E-state index contributed by atoms with van der Waals surface area (Å²) in [5.74, 6) is -0.608. The van der Waals surface area contributed by atoms with Crippen LogP contribution in [0.1, 0.15) is 5.01 Å². The molecule has 2 amide bonds. The molecule has 140 valence electrons. The molecule has 10 heteroatoms. The van der Waals surface area contributed by atoms with Crippen LogP contribution < -0.4 is 10.6 Å². The number of ether oxygens (including phenoxy) is 1. The number of carbonyl (C=O) groups excluding carboxylic acids is 1. The fourth-order valence-electron chi connectivity index (χ4n) is 2.74. The van der Waals surface area contributed by atoms with Gasteiger partial charge in [0, 0.05) is 18.1 Å². The summed E-state index contributed by atoms with van der Waals surface area (Å²) in [5, 5.41) is 7.58. The number of amides is 2. The third kappa shape index (κ3) is 4.37. The van der Waals surface area contributed by atoms with Gasteiger partial charge < -0.3 is 15.4 Å². The first kappa shape index (κ1) is 18.7. The molecule has 0 spiro atoms. The highest BCUT2D eigenvalue weighted by molar-refractivity contribution is 7.91. The van der Waals surface area contributed by atoms with Gasteiger partial charge in [-0.1, -0.05) is 12.1 Å². The monoisotopic (exact) mass is 399 g/mol. The maximum atomic E-state index is 13.8. The predicted molar refractivity (Wildman–Crippen MR) is 96.1 cm³/mol. The summed E-state index contributed by atoms with van der Waals surface area (Å²) in [6.07, 6.45) is -0.557. The average Bonchev–Trinajstić information content (AvgIpc) is 3.17. The van der Waals surface area contributed by atoms with Crippen molar-refractivity contribution in [3.8, 4) is 11.3 Å². The number of hydrogen-bond donors (Lipinski definition) is 2. The van der Waals surface area contributed by atoms with Gasteiger partial charge in [0.1, 0.15) is 10.8 Å². The molecule has 0 saturated carbocycles. The number of hydrogen-bond acceptors (Lipinski definition) is 6. The van der Waals surface area contributed by atoms with Crippen molar-refractivity contribution in [3.05, 3.63) is 40.5 Å². The minimum Gasteiger partial charge on any atom is -0.378 e. The van der Waals surface area contributed by atoms with Crippen molar-refractivity contribution in [1.29, 1.82) is 0 Å². The SMILES string of the molecule is COC1CS(=O)(=O)CC1NC(=O)NCc1nc(-c2ccccc2F)cs1.